The van der Waals surface area contributed by atoms with Crippen LogP contribution in [0, 0.1) is 5.92 Å². The topological polar surface area (TPSA) is 20.2 Å². The molecule has 1 N–H and O–H groups in total. The highest BCUT2D eigenvalue weighted by Crippen LogP contribution is 2.38. The van der Waals surface area contributed by atoms with Crippen LogP contribution in [-0.4, -0.2) is 10.7 Å². The number of rotatable bonds is 3. The second-order valence-electron chi connectivity index (χ2n) is 5.12. The van der Waals surface area contributed by atoms with E-state index in [1.54, 1.807) is 0 Å². The van der Waals surface area contributed by atoms with Crippen LogP contribution < -0.4 is 0 Å². The zero-order chi connectivity index (χ0) is 9.15. The van der Waals surface area contributed by atoms with Gasteiger partial charge in [0.2, 0.25) is 0 Å². The van der Waals surface area contributed by atoms with Crippen molar-refractivity contribution in [2.45, 2.75) is 69.8 Å². The van der Waals surface area contributed by atoms with Crippen molar-refractivity contribution in [3.63, 3.8) is 0 Å². The first kappa shape index (κ1) is 9.51. The summed E-state index contributed by atoms with van der Waals surface area (Å²) in [5.41, 5.74) is -0.265. The average molecular weight is 182 g/mol. The van der Waals surface area contributed by atoms with Crippen molar-refractivity contribution in [1.82, 2.24) is 0 Å². The Hall–Kier alpha value is -0.0400. The molecule has 1 nitrogen and oxygen atoms in total. The van der Waals surface area contributed by atoms with Crippen molar-refractivity contribution in [1.29, 1.82) is 0 Å². The lowest BCUT2D eigenvalue weighted by molar-refractivity contribution is 0.0132. The quantitative estimate of drug-likeness (QED) is 0.664. The Morgan fingerprint density at radius 1 is 1.00 bits per heavy atom. The fourth-order valence-corrected chi connectivity index (χ4v) is 2.52. The van der Waals surface area contributed by atoms with Crippen LogP contribution in [0.25, 0.3) is 0 Å². The van der Waals surface area contributed by atoms with Crippen LogP contribution >= 0.6 is 0 Å². The van der Waals surface area contributed by atoms with Gasteiger partial charge in [-0.1, -0.05) is 38.5 Å². The van der Waals surface area contributed by atoms with Crippen LogP contribution in [0.2, 0.25) is 0 Å². The molecule has 0 spiro atoms. The largest absolute Gasteiger partial charge is 0.390 e. The SMILES string of the molecule is OC1(CCC2CC2)CCCCCC1. The Morgan fingerprint density at radius 3 is 2.15 bits per heavy atom. The fraction of sp³-hybridized carbons (Fsp3) is 1.00. The molecule has 76 valence electrons. The summed E-state index contributed by atoms with van der Waals surface area (Å²) in [5, 5.41) is 10.3. The summed E-state index contributed by atoms with van der Waals surface area (Å²) in [5.74, 6) is 0.979. The van der Waals surface area contributed by atoms with E-state index in [-0.39, 0.29) is 5.60 Å². The average Bonchev–Trinajstić information content (AvgIpc) is 2.89. The Balaban J connectivity index is 1.76. The summed E-state index contributed by atoms with van der Waals surface area (Å²) in [7, 11) is 0. The maximum Gasteiger partial charge on any atom is 0.0648 e. The van der Waals surface area contributed by atoms with Gasteiger partial charge in [-0.3, -0.25) is 0 Å². The molecule has 0 aromatic heterocycles. The first-order chi connectivity index (χ1) is 6.29. The molecule has 2 saturated carbocycles. The van der Waals surface area contributed by atoms with Crippen LogP contribution in [-0.2, 0) is 0 Å². The van der Waals surface area contributed by atoms with Gasteiger partial charge in [-0.2, -0.15) is 0 Å². The summed E-state index contributed by atoms with van der Waals surface area (Å²) in [6.45, 7) is 0. The predicted molar refractivity (Wildman–Crippen MR) is 54.6 cm³/mol. The van der Waals surface area contributed by atoms with Crippen molar-refractivity contribution in [3.8, 4) is 0 Å². The van der Waals surface area contributed by atoms with Gasteiger partial charge in [-0.15, -0.1) is 0 Å². The molecule has 2 rings (SSSR count). The highest BCUT2D eigenvalue weighted by atomic mass is 16.3. The zero-order valence-electron chi connectivity index (χ0n) is 8.60. The Morgan fingerprint density at radius 2 is 1.62 bits per heavy atom. The van der Waals surface area contributed by atoms with E-state index in [1.165, 1.54) is 44.9 Å². The zero-order valence-corrected chi connectivity index (χ0v) is 8.60. The molecule has 0 aliphatic heterocycles. The number of hydrogen-bond acceptors (Lipinski definition) is 1. The lowest BCUT2D eigenvalue weighted by Crippen LogP contribution is -2.27. The van der Waals surface area contributed by atoms with Gasteiger partial charge in [-0.25, -0.2) is 0 Å². The Kier molecular flexibility index (Phi) is 2.92. The number of aliphatic hydroxyl groups is 1. The molecule has 0 saturated heterocycles. The molecular weight excluding hydrogens is 160 g/mol. The first-order valence-electron chi connectivity index (χ1n) is 6.01. The van der Waals surface area contributed by atoms with E-state index < -0.39 is 0 Å². The maximum absolute atomic E-state index is 10.3. The van der Waals surface area contributed by atoms with Gasteiger partial charge in [0.25, 0.3) is 0 Å². The third-order valence-corrected chi connectivity index (χ3v) is 3.75. The van der Waals surface area contributed by atoms with E-state index >= 15 is 0 Å². The van der Waals surface area contributed by atoms with Gasteiger partial charge in [0.15, 0.2) is 0 Å². The van der Waals surface area contributed by atoms with E-state index in [2.05, 4.69) is 0 Å². The molecular formula is C12H22O. The molecule has 0 bridgehead atoms. The van der Waals surface area contributed by atoms with Crippen molar-refractivity contribution in [3.05, 3.63) is 0 Å². The van der Waals surface area contributed by atoms with Crippen LogP contribution in [0.15, 0.2) is 0 Å². The number of hydrogen-bond donors (Lipinski definition) is 1. The summed E-state index contributed by atoms with van der Waals surface area (Å²) >= 11 is 0. The van der Waals surface area contributed by atoms with Crippen LogP contribution in [0.3, 0.4) is 0 Å². The highest BCUT2D eigenvalue weighted by Gasteiger charge is 2.30. The van der Waals surface area contributed by atoms with Crippen LogP contribution in [0.5, 0.6) is 0 Å². The second kappa shape index (κ2) is 4.00. The van der Waals surface area contributed by atoms with Crippen molar-refractivity contribution >= 4 is 0 Å². The molecule has 0 atom stereocenters. The van der Waals surface area contributed by atoms with E-state index in [4.69, 9.17) is 0 Å². The molecule has 0 amide bonds. The molecule has 0 heterocycles. The monoisotopic (exact) mass is 182 g/mol. The maximum atomic E-state index is 10.3. The second-order valence-corrected chi connectivity index (χ2v) is 5.12. The minimum Gasteiger partial charge on any atom is -0.390 e. The molecule has 0 unspecified atom stereocenters. The molecule has 0 aromatic carbocycles. The Bertz CT molecular complexity index is 153. The highest BCUT2D eigenvalue weighted by molar-refractivity contribution is 4.84. The van der Waals surface area contributed by atoms with Gasteiger partial charge in [0, 0.05) is 0 Å². The molecule has 1 heteroatoms. The van der Waals surface area contributed by atoms with E-state index in [0.29, 0.717) is 0 Å². The molecule has 13 heavy (non-hydrogen) atoms. The standard InChI is InChI=1S/C12H22O/c13-12(10-7-11-5-6-11)8-3-1-2-4-9-12/h11,13H,1-10H2. The van der Waals surface area contributed by atoms with Gasteiger partial charge in [0.1, 0.15) is 0 Å². The van der Waals surface area contributed by atoms with Crippen LogP contribution in [0.1, 0.15) is 64.2 Å². The van der Waals surface area contributed by atoms with Crippen LogP contribution in [0.4, 0.5) is 0 Å². The molecule has 0 aromatic rings. The van der Waals surface area contributed by atoms with Gasteiger partial charge >= 0.3 is 0 Å². The fourth-order valence-electron chi connectivity index (χ4n) is 2.52. The first-order valence-corrected chi connectivity index (χ1v) is 6.01. The van der Waals surface area contributed by atoms with Crippen molar-refractivity contribution in [2.24, 2.45) is 5.92 Å². The van der Waals surface area contributed by atoms with Crippen molar-refractivity contribution < 1.29 is 5.11 Å². The molecule has 2 aliphatic carbocycles. The predicted octanol–water partition coefficient (Wildman–Crippen LogP) is 3.26. The van der Waals surface area contributed by atoms with Gasteiger partial charge < -0.3 is 5.11 Å². The third-order valence-electron chi connectivity index (χ3n) is 3.75. The van der Waals surface area contributed by atoms with E-state index in [9.17, 15) is 5.11 Å². The Labute approximate surface area is 81.5 Å². The minimum atomic E-state index is -0.265. The minimum absolute atomic E-state index is 0.265. The smallest absolute Gasteiger partial charge is 0.0648 e. The summed E-state index contributed by atoms with van der Waals surface area (Å²) in [6.07, 6.45) is 12.5. The van der Waals surface area contributed by atoms with E-state index in [0.717, 1.165) is 25.2 Å². The summed E-state index contributed by atoms with van der Waals surface area (Å²) in [6, 6.07) is 0. The lowest BCUT2D eigenvalue weighted by Gasteiger charge is -2.26. The lowest BCUT2D eigenvalue weighted by atomic mass is 9.88. The molecule has 2 aliphatic rings. The van der Waals surface area contributed by atoms with Crippen molar-refractivity contribution in [2.75, 3.05) is 0 Å². The van der Waals surface area contributed by atoms with Gasteiger partial charge in [-0.05, 0) is 31.6 Å². The van der Waals surface area contributed by atoms with Gasteiger partial charge in [0.05, 0.1) is 5.60 Å². The molecule has 0 radical (unpaired) electrons. The summed E-state index contributed by atoms with van der Waals surface area (Å²) in [4.78, 5) is 0. The normalized spacial score (nSPS) is 28.4. The third kappa shape index (κ3) is 2.98. The molecule has 2 fully saturated rings. The summed E-state index contributed by atoms with van der Waals surface area (Å²) < 4.78 is 0. The van der Waals surface area contributed by atoms with E-state index in [1.807, 2.05) is 0 Å².